The minimum Gasteiger partial charge on any atom is -0.338 e. The highest BCUT2D eigenvalue weighted by Gasteiger charge is 2.27. The van der Waals surface area contributed by atoms with Gasteiger partial charge in [0, 0.05) is 31.9 Å². The Morgan fingerprint density at radius 2 is 2.16 bits per heavy atom. The van der Waals surface area contributed by atoms with Crippen LogP contribution in [0.5, 0.6) is 0 Å². The lowest BCUT2D eigenvalue weighted by Crippen LogP contribution is -2.42. The number of rotatable bonds is 4. The predicted molar refractivity (Wildman–Crippen MR) is 103 cm³/mol. The van der Waals surface area contributed by atoms with E-state index in [1.807, 2.05) is 43.3 Å². The zero-order chi connectivity index (χ0) is 17.1. The average molecular weight is 383 g/mol. The SMILES string of the molecule is CNCC1CCCN(C(=O)c2cn(C)nc2-c2ccccc2Cl)C1.Cl. The van der Waals surface area contributed by atoms with Crippen LogP contribution in [0.25, 0.3) is 11.3 Å². The lowest BCUT2D eigenvalue weighted by molar-refractivity contribution is 0.0675. The van der Waals surface area contributed by atoms with Gasteiger partial charge < -0.3 is 10.2 Å². The fourth-order valence-electron chi connectivity index (χ4n) is 3.37. The molecule has 0 bridgehead atoms. The molecule has 25 heavy (non-hydrogen) atoms. The number of nitrogens with zero attached hydrogens (tertiary/aromatic N) is 3. The van der Waals surface area contributed by atoms with Crippen molar-refractivity contribution in [3.63, 3.8) is 0 Å². The van der Waals surface area contributed by atoms with Crippen molar-refractivity contribution in [2.24, 2.45) is 13.0 Å². The van der Waals surface area contributed by atoms with Crippen molar-refractivity contribution in [2.45, 2.75) is 12.8 Å². The van der Waals surface area contributed by atoms with Crippen LogP contribution in [0, 0.1) is 5.92 Å². The van der Waals surface area contributed by atoms with Crippen LogP contribution in [0.3, 0.4) is 0 Å². The number of halogens is 2. The second kappa shape index (κ2) is 8.70. The topological polar surface area (TPSA) is 50.2 Å². The van der Waals surface area contributed by atoms with Crippen LogP contribution in [-0.4, -0.2) is 47.3 Å². The van der Waals surface area contributed by atoms with Crippen LogP contribution in [0.2, 0.25) is 5.02 Å². The zero-order valence-electron chi connectivity index (χ0n) is 14.5. The van der Waals surface area contributed by atoms with Gasteiger partial charge in [0.2, 0.25) is 0 Å². The summed E-state index contributed by atoms with van der Waals surface area (Å²) < 4.78 is 1.68. The highest BCUT2D eigenvalue weighted by atomic mass is 35.5. The molecule has 0 radical (unpaired) electrons. The molecular weight excluding hydrogens is 359 g/mol. The summed E-state index contributed by atoms with van der Waals surface area (Å²) in [6.45, 7) is 2.53. The second-order valence-electron chi connectivity index (χ2n) is 6.36. The van der Waals surface area contributed by atoms with Crippen LogP contribution in [-0.2, 0) is 7.05 Å². The maximum atomic E-state index is 13.1. The van der Waals surface area contributed by atoms with Crippen LogP contribution in [0.4, 0.5) is 0 Å². The summed E-state index contributed by atoms with van der Waals surface area (Å²) in [5.74, 6) is 0.548. The number of benzene rings is 1. The van der Waals surface area contributed by atoms with Crippen molar-refractivity contribution in [1.82, 2.24) is 20.0 Å². The van der Waals surface area contributed by atoms with Crippen LogP contribution < -0.4 is 5.32 Å². The van der Waals surface area contributed by atoms with Crippen molar-refractivity contribution in [2.75, 3.05) is 26.7 Å². The highest BCUT2D eigenvalue weighted by Crippen LogP contribution is 2.30. The van der Waals surface area contributed by atoms with Crippen LogP contribution in [0.15, 0.2) is 30.5 Å². The molecule has 0 spiro atoms. The van der Waals surface area contributed by atoms with E-state index in [1.54, 1.807) is 10.9 Å². The van der Waals surface area contributed by atoms with Crippen LogP contribution >= 0.6 is 24.0 Å². The Morgan fingerprint density at radius 3 is 2.88 bits per heavy atom. The number of carbonyl (C=O) groups is 1. The summed E-state index contributed by atoms with van der Waals surface area (Å²) in [5.41, 5.74) is 2.08. The van der Waals surface area contributed by atoms with Crippen LogP contribution in [0.1, 0.15) is 23.2 Å². The molecule has 5 nitrogen and oxygen atoms in total. The molecule has 1 fully saturated rings. The van der Waals surface area contributed by atoms with Gasteiger partial charge >= 0.3 is 0 Å². The van der Waals surface area contributed by atoms with Crippen molar-refractivity contribution >= 4 is 29.9 Å². The summed E-state index contributed by atoms with van der Waals surface area (Å²) in [7, 11) is 3.79. The number of aromatic nitrogens is 2. The van der Waals surface area contributed by atoms with Gasteiger partial charge in [-0.15, -0.1) is 12.4 Å². The molecule has 1 aliphatic rings. The van der Waals surface area contributed by atoms with E-state index in [9.17, 15) is 4.79 Å². The third-order valence-corrected chi connectivity index (χ3v) is 4.82. The predicted octanol–water partition coefficient (Wildman–Crippen LogP) is 3.23. The molecule has 0 aliphatic carbocycles. The van der Waals surface area contributed by atoms with E-state index in [0.29, 0.717) is 22.2 Å². The molecule has 0 saturated carbocycles. The van der Waals surface area contributed by atoms with E-state index in [2.05, 4.69) is 10.4 Å². The summed E-state index contributed by atoms with van der Waals surface area (Å²) in [6, 6.07) is 7.52. The van der Waals surface area contributed by atoms with Crippen molar-refractivity contribution in [3.8, 4) is 11.3 Å². The number of aryl methyl sites for hydroxylation is 1. The smallest absolute Gasteiger partial charge is 0.257 e. The zero-order valence-corrected chi connectivity index (χ0v) is 16.1. The molecule has 1 aromatic heterocycles. The molecular formula is C18H24Cl2N4O. The molecule has 1 unspecified atom stereocenters. The first-order valence-electron chi connectivity index (χ1n) is 8.32. The van der Waals surface area contributed by atoms with Gasteiger partial charge in [-0.05, 0) is 38.4 Å². The standard InChI is InChI=1S/C18H23ClN4O.ClH/c1-20-10-13-6-5-9-23(11-13)18(24)15-12-22(2)21-17(15)14-7-3-4-8-16(14)19;/h3-4,7-8,12-13,20H,5-6,9-11H2,1-2H3;1H. The second-order valence-corrected chi connectivity index (χ2v) is 6.77. The van der Waals surface area contributed by atoms with Gasteiger partial charge in [0.25, 0.3) is 5.91 Å². The Hall–Kier alpha value is -1.56. The summed E-state index contributed by atoms with van der Waals surface area (Å²) in [5, 5.41) is 8.31. The molecule has 7 heteroatoms. The minimum absolute atomic E-state index is 0. The molecule has 3 rings (SSSR count). The number of hydrogen-bond acceptors (Lipinski definition) is 3. The van der Waals surface area contributed by atoms with Crippen molar-refractivity contribution < 1.29 is 4.79 Å². The third-order valence-electron chi connectivity index (χ3n) is 4.49. The molecule has 1 N–H and O–H groups in total. The third kappa shape index (κ3) is 4.35. The Balaban J connectivity index is 0.00000225. The molecule has 2 aromatic rings. The minimum atomic E-state index is 0. The lowest BCUT2D eigenvalue weighted by atomic mass is 9.97. The first kappa shape index (κ1) is 19.8. The number of piperidine rings is 1. The van der Waals surface area contributed by atoms with E-state index in [1.165, 1.54) is 0 Å². The summed E-state index contributed by atoms with van der Waals surface area (Å²) in [4.78, 5) is 15.0. The highest BCUT2D eigenvalue weighted by molar-refractivity contribution is 6.33. The van der Waals surface area contributed by atoms with Gasteiger partial charge in [-0.25, -0.2) is 0 Å². The molecule has 1 aromatic carbocycles. The maximum absolute atomic E-state index is 13.1. The fraction of sp³-hybridized carbons (Fsp3) is 0.444. The van der Waals surface area contributed by atoms with E-state index in [-0.39, 0.29) is 18.3 Å². The Labute approximate surface area is 159 Å². The van der Waals surface area contributed by atoms with Gasteiger partial charge in [0.05, 0.1) is 10.6 Å². The average Bonchev–Trinajstić information content (AvgIpc) is 2.97. The Morgan fingerprint density at radius 1 is 1.40 bits per heavy atom. The van der Waals surface area contributed by atoms with Gasteiger partial charge in [-0.1, -0.05) is 29.8 Å². The van der Waals surface area contributed by atoms with Gasteiger partial charge in [-0.2, -0.15) is 5.10 Å². The van der Waals surface area contributed by atoms with Crippen molar-refractivity contribution in [3.05, 3.63) is 41.0 Å². The summed E-state index contributed by atoms with van der Waals surface area (Å²) in [6.07, 6.45) is 4.00. The first-order chi connectivity index (χ1) is 11.6. The Kier molecular flexibility index (Phi) is 6.87. The lowest BCUT2D eigenvalue weighted by Gasteiger charge is -2.32. The molecule has 1 amide bonds. The maximum Gasteiger partial charge on any atom is 0.257 e. The van der Waals surface area contributed by atoms with E-state index in [4.69, 9.17) is 11.6 Å². The number of nitrogens with one attached hydrogen (secondary N) is 1. The largest absolute Gasteiger partial charge is 0.338 e. The number of amides is 1. The Bertz CT molecular complexity index is 730. The number of hydrogen-bond donors (Lipinski definition) is 1. The van der Waals surface area contributed by atoms with E-state index >= 15 is 0 Å². The number of carbonyl (C=O) groups excluding carboxylic acids is 1. The van der Waals surface area contributed by atoms with Gasteiger partial charge in [-0.3, -0.25) is 9.48 Å². The quantitative estimate of drug-likeness (QED) is 0.882. The molecule has 1 aliphatic heterocycles. The normalized spacial score (nSPS) is 17.2. The number of likely N-dealkylation sites (tertiary alicyclic amines) is 1. The molecule has 1 saturated heterocycles. The van der Waals surface area contributed by atoms with Gasteiger partial charge in [0.15, 0.2) is 0 Å². The van der Waals surface area contributed by atoms with E-state index < -0.39 is 0 Å². The first-order valence-corrected chi connectivity index (χ1v) is 8.70. The van der Waals surface area contributed by atoms with Crippen molar-refractivity contribution in [1.29, 1.82) is 0 Å². The monoisotopic (exact) mass is 382 g/mol. The fourth-order valence-corrected chi connectivity index (χ4v) is 3.60. The molecule has 1 atom stereocenters. The van der Waals surface area contributed by atoms with E-state index in [0.717, 1.165) is 38.0 Å². The summed E-state index contributed by atoms with van der Waals surface area (Å²) >= 11 is 6.31. The molecule has 2 heterocycles. The molecule has 136 valence electrons. The van der Waals surface area contributed by atoms with Gasteiger partial charge in [0.1, 0.15) is 5.69 Å².